The molecule has 0 saturated carbocycles. The summed E-state index contributed by atoms with van der Waals surface area (Å²) in [7, 11) is 0. The molecule has 0 N–H and O–H groups in total. The Morgan fingerprint density at radius 3 is 3.07 bits per heavy atom. The summed E-state index contributed by atoms with van der Waals surface area (Å²) in [5.74, 6) is 0.0901. The second-order valence-corrected chi connectivity index (χ2v) is 4.64. The minimum absolute atomic E-state index is 0.0901. The first-order chi connectivity index (χ1) is 6.70. The van der Waals surface area contributed by atoms with Crippen LogP contribution >= 0.6 is 15.9 Å². The topological polar surface area (TPSA) is 26.3 Å². The van der Waals surface area contributed by atoms with E-state index in [1.54, 1.807) is 6.92 Å². The zero-order valence-corrected chi connectivity index (χ0v) is 10.2. The average Bonchev–Trinajstić information content (AvgIpc) is 2.10. The van der Waals surface area contributed by atoms with Crippen molar-refractivity contribution in [3.05, 3.63) is 10.6 Å². The Balaban J connectivity index is 2.45. The van der Waals surface area contributed by atoms with E-state index >= 15 is 0 Å². The number of carbonyl (C=O) groups excluding carboxylic acids is 1. The van der Waals surface area contributed by atoms with Gasteiger partial charge in [-0.3, -0.25) is 4.79 Å². The van der Waals surface area contributed by atoms with E-state index in [1.807, 2.05) is 0 Å². The highest BCUT2D eigenvalue weighted by Gasteiger charge is 2.14. The van der Waals surface area contributed by atoms with Gasteiger partial charge in [-0.05, 0) is 26.2 Å². The maximum absolute atomic E-state index is 10.8. The number of rotatable bonds is 3. The molecule has 0 aliphatic heterocycles. The number of halogens is 1. The predicted molar refractivity (Wildman–Crippen MR) is 60.5 cm³/mol. The molecule has 80 valence electrons. The molecule has 0 radical (unpaired) electrons. The van der Waals surface area contributed by atoms with Crippen molar-refractivity contribution in [1.82, 2.24) is 0 Å². The molecule has 1 rings (SSSR count). The van der Waals surface area contributed by atoms with E-state index in [0.717, 1.165) is 17.3 Å². The number of ketones is 1. The number of ether oxygens (including phenoxy) is 1. The van der Waals surface area contributed by atoms with E-state index in [0.29, 0.717) is 0 Å². The molecule has 0 saturated heterocycles. The fourth-order valence-corrected chi connectivity index (χ4v) is 2.13. The SMILES string of the molecule is CC(=O)COC1CCCCC/C=C\1Br. The third-order valence-electron chi connectivity index (χ3n) is 2.31. The molecule has 0 aromatic heterocycles. The molecule has 0 aromatic rings. The lowest BCUT2D eigenvalue weighted by Crippen LogP contribution is -2.18. The normalized spacial score (nSPS) is 27.3. The van der Waals surface area contributed by atoms with Crippen LogP contribution in [-0.4, -0.2) is 18.5 Å². The van der Waals surface area contributed by atoms with Crippen LogP contribution in [0.15, 0.2) is 10.6 Å². The van der Waals surface area contributed by atoms with Crippen molar-refractivity contribution in [2.45, 2.75) is 45.1 Å². The highest BCUT2D eigenvalue weighted by atomic mass is 79.9. The van der Waals surface area contributed by atoms with Crippen LogP contribution in [0.2, 0.25) is 0 Å². The summed E-state index contributed by atoms with van der Waals surface area (Å²) in [6.07, 6.45) is 8.10. The molecule has 0 spiro atoms. The minimum Gasteiger partial charge on any atom is -0.365 e. The molecule has 2 nitrogen and oxygen atoms in total. The van der Waals surface area contributed by atoms with Gasteiger partial charge in [0.05, 0.1) is 6.10 Å². The van der Waals surface area contributed by atoms with E-state index in [4.69, 9.17) is 4.74 Å². The van der Waals surface area contributed by atoms with Crippen molar-refractivity contribution < 1.29 is 9.53 Å². The molecule has 1 unspecified atom stereocenters. The number of hydrogen-bond donors (Lipinski definition) is 0. The van der Waals surface area contributed by atoms with Gasteiger partial charge >= 0.3 is 0 Å². The van der Waals surface area contributed by atoms with Crippen LogP contribution in [0.5, 0.6) is 0 Å². The molecule has 0 aromatic carbocycles. The molecule has 0 bridgehead atoms. The summed E-state index contributed by atoms with van der Waals surface area (Å²) in [4.78, 5) is 10.8. The van der Waals surface area contributed by atoms with Crippen molar-refractivity contribution in [3.8, 4) is 0 Å². The van der Waals surface area contributed by atoms with Crippen LogP contribution in [-0.2, 0) is 9.53 Å². The highest BCUT2D eigenvalue weighted by Crippen LogP contribution is 2.24. The lowest BCUT2D eigenvalue weighted by molar-refractivity contribution is -0.122. The van der Waals surface area contributed by atoms with Crippen molar-refractivity contribution >= 4 is 21.7 Å². The Hall–Kier alpha value is -0.150. The molecule has 1 aliphatic rings. The molecular formula is C11H17BrO2. The standard InChI is InChI=1S/C11H17BrO2/c1-9(13)8-14-11-7-5-3-2-4-6-10(11)12/h6,11H,2-5,7-8H2,1H3/b10-6+. The van der Waals surface area contributed by atoms with Crippen LogP contribution in [0.1, 0.15) is 39.0 Å². The quantitative estimate of drug-likeness (QED) is 0.779. The van der Waals surface area contributed by atoms with Gasteiger partial charge in [0.15, 0.2) is 5.78 Å². The monoisotopic (exact) mass is 260 g/mol. The van der Waals surface area contributed by atoms with Gasteiger partial charge in [-0.15, -0.1) is 0 Å². The van der Waals surface area contributed by atoms with Crippen LogP contribution in [0.25, 0.3) is 0 Å². The zero-order valence-electron chi connectivity index (χ0n) is 8.59. The molecule has 1 atom stereocenters. The maximum atomic E-state index is 10.8. The Morgan fingerprint density at radius 1 is 1.57 bits per heavy atom. The van der Waals surface area contributed by atoms with Crippen molar-refractivity contribution in [2.75, 3.05) is 6.61 Å². The van der Waals surface area contributed by atoms with Crippen LogP contribution in [0.4, 0.5) is 0 Å². The van der Waals surface area contributed by atoms with Crippen LogP contribution in [0, 0.1) is 0 Å². The van der Waals surface area contributed by atoms with Crippen molar-refractivity contribution in [1.29, 1.82) is 0 Å². The molecule has 0 fully saturated rings. The van der Waals surface area contributed by atoms with E-state index in [-0.39, 0.29) is 18.5 Å². The summed E-state index contributed by atoms with van der Waals surface area (Å²) in [5, 5.41) is 0. The molecule has 14 heavy (non-hydrogen) atoms. The van der Waals surface area contributed by atoms with Crippen LogP contribution in [0.3, 0.4) is 0 Å². The second-order valence-electron chi connectivity index (χ2n) is 3.73. The Morgan fingerprint density at radius 2 is 2.36 bits per heavy atom. The van der Waals surface area contributed by atoms with Crippen LogP contribution < -0.4 is 0 Å². The second kappa shape index (κ2) is 6.36. The Bertz CT molecular complexity index is 223. The fourth-order valence-electron chi connectivity index (χ4n) is 1.54. The summed E-state index contributed by atoms with van der Waals surface area (Å²) in [6.45, 7) is 1.79. The summed E-state index contributed by atoms with van der Waals surface area (Å²) in [6, 6.07) is 0. The van der Waals surface area contributed by atoms with E-state index in [1.165, 1.54) is 19.3 Å². The molecular weight excluding hydrogens is 244 g/mol. The van der Waals surface area contributed by atoms with Crippen molar-refractivity contribution in [3.63, 3.8) is 0 Å². The molecule has 0 amide bonds. The zero-order chi connectivity index (χ0) is 10.4. The number of Topliss-reactive ketones (excluding diaryl/α,β-unsaturated/α-hetero) is 1. The van der Waals surface area contributed by atoms with Gasteiger partial charge in [-0.2, -0.15) is 0 Å². The van der Waals surface area contributed by atoms with Gasteiger partial charge in [-0.1, -0.05) is 34.8 Å². The minimum atomic E-state index is 0.0901. The molecule has 0 heterocycles. The highest BCUT2D eigenvalue weighted by molar-refractivity contribution is 9.11. The summed E-state index contributed by atoms with van der Waals surface area (Å²) >= 11 is 3.51. The first kappa shape index (κ1) is 11.9. The average molecular weight is 261 g/mol. The van der Waals surface area contributed by atoms with Gasteiger partial charge < -0.3 is 4.74 Å². The predicted octanol–water partition coefficient (Wildman–Crippen LogP) is 3.20. The van der Waals surface area contributed by atoms with E-state index < -0.39 is 0 Å². The number of allylic oxidation sites excluding steroid dienone is 1. The lowest BCUT2D eigenvalue weighted by atomic mass is 10.0. The van der Waals surface area contributed by atoms with Gasteiger partial charge in [0.2, 0.25) is 0 Å². The van der Waals surface area contributed by atoms with E-state index in [9.17, 15) is 4.79 Å². The van der Waals surface area contributed by atoms with Gasteiger partial charge in [0.1, 0.15) is 6.61 Å². The molecule has 3 heteroatoms. The Kier molecular flexibility index (Phi) is 5.41. The molecule has 1 aliphatic carbocycles. The van der Waals surface area contributed by atoms with E-state index in [2.05, 4.69) is 22.0 Å². The van der Waals surface area contributed by atoms with Gasteiger partial charge in [0, 0.05) is 4.48 Å². The number of carbonyl (C=O) groups is 1. The summed E-state index contributed by atoms with van der Waals surface area (Å²) in [5.41, 5.74) is 0. The fraction of sp³-hybridized carbons (Fsp3) is 0.727. The third kappa shape index (κ3) is 4.38. The van der Waals surface area contributed by atoms with Gasteiger partial charge in [-0.25, -0.2) is 0 Å². The summed E-state index contributed by atoms with van der Waals surface area (Å²) < 4.78 is 6.64. The van der Waals surface area contributed by atoms with Gasteiger partial charge in [0.25, 0.3) is 0 Å². The largest absolute Gasteiger partial charge is 0.365 e. The first-order valence-corrected chi connectivity index (χ1v) is 5.96. The maximum Gasteiger partial charge on any atom is 0.155 e. The van der Waals surface area contributed by atoms with Crippen molar-refractivity contribution in [2.24, 2.45) is 0 Å². The Labute approximate surface area is 93.8 Å². The lowest BCUT2D eigenvalue weighted by Gasteiger charge is -2.18. The first-order valence-electron chi connectivity index (χ1n) is 5.16. The third-order valence-corrected chi connectivity index (χ3v) is 3.14. The number of hydrogen-bond acceptors (Lipinski definition) is 2. The smallest absolute Gasteiger partial charge is 0.155 e.